The van der Waals surface area contributed by atoms with Crippen LogP contribution in [0.4, 0.5) is 11.4 Å². The first-order chi connectivity index (χ1) is 15.6. The Labute approximate surface area is 190 Å². The topological polar surface area (TPSA) is 91.6 Å². The van der Waals surface area contributed by atoms with Gasteiger partial charge in [0, 0.05) is 17.1 Å². The van der Waals surface area contributed by atoms with Crippen molar-refractivity contribution in [3.8, 4) is 11.4 Å². The number of likely N-dealkylation sites (tertiary alicyclic amines) is 1. The molecule has 3 heterocycles. The molecule has 2 aliphatic heterocycles. The van der Waals surface area contributed by atoms with E-state index in [1.54, 1.807) is 17.0 Å². The number of aromatic nitrogens is 2. The van der Waals surface area contributed by atoms with E-state index < -0.39 is 0 Å². The number of nitrogens with one attached hydrogen (secondary N) is 1. The number of nitrogens with zero attached hydrogens (tertiary/aromatic N) is 4. The summed E-state index contributed by atoms with van der Waals surface area (Å²) in [5.74, 6) is 0.586. The molecule has 5 rings (SSSR count). The molecule has 1 saturated heterocycles. The molecule has 1 N–H and O–H groups in total. The quantitative estimate of drug-likeness (QED) is 0.651. The first-order valence-electron chi connectivity index (χ1n) is 10.6. The molecule has 0 aliphatic carbocycles. The molecule has 1 atom stereocenters. The third-order valence-electron chi connectivity index (χ3n) is 5.80. The fourth-order valence-electron chi connectivity index (χ4n) is 4.31. The SMILES string of the molecule is O=C1CN(C(=O)C2CCCN(Cc3nc(-c4cccc(Cl)c4)no3)C2)c2ccccc2N1. The Morgan fingerprint density at radius 2 is 2.09 bits per heavy atom. The fourth-order valence-corrected chi connectivity index (χ4v) is 4.50. The van der Waals surface area contributed by atoms with Crippen molar-refractivity contribution in [2.45, 2.75) is 19.4 Å². The monoisotopic (exact) mass is 451 g/mol. The summed E-state index contributed by atoms with van der Waals surface area (Å²) < 4.78 is 5.44. The predicted octanol–water partition coefficient (Wildman–Crippen LogP) is 3.59. The Balaban J connectivity index is 1.27. The summed E-state index contributed by atoms with van der Waals surface area (Å²) in [6.45, 7) is 1.93. The van der Waals surface area contributed by atoms with Gasteiger partial charge in [0.2, 0.25) is 23.5 Å². The molecule has 32 heavy (non-hydrogen) atoms. The highest BCUT2D eigenvalue weighted by Crippen LogP contribution is 2.31. The van der Waals surface area contributed by atoms with Crippen LogP contribution in [0.5, 0.6) is 0 Å². The number of carbonyl (C=O) groups is 2. The van der Waals surface area contributed by atoms with E-state index in [-0.39, 0.29) is 24.3 Å². The highest BCUT2D eigenvalue weighted by molar-refractivity contribution is 6.30. The van der Waals surface area contributed by atoms with E-state index in [2.05, 4.69) is 20.4 Å². The number of anilines is 2. The molecule has 1 fully saturated rings. The zero-order valence-electron chi connectivity index (χ0n) is 17.3. The molecule has 1 unspecified atom stereocenters. The minimum Gasteiger partial charge on any atom is -0.338 e. The van der Waals surface area contributed by atoms with E-state index in [1.807, 2.05) is 36.4 Å². The average Bonchev–Trinajstić information content (AvgIpc) is 3.27. The number of carbonyl (C=O) groups excluding carboxylic acids is 2. The number of benzene rings is 2. The lowest BCUT2D eigenvalue weighted by molar-refractivity contribution is -0.126. The first-order valence-corrected chi connectivity index (χ1v) is 11.0. The van der Waals surface area contributed by atoms with Gasteiger partial charge in [-0.1, -0.05) is 41.0 Å². The van der Waals surface area contributed by atoms with Gasteiger partial charge in [-0.15, -0.1) is 0 Å². The number of piperidine rings is 1. The third kappa shape index (κ3) is 4.24. The van der Waals surface area contributed by atoms with Gasteiger partial charge < -0.3 is 14.7 Å². The summed E-state index contributed by atoms with van der Waals surface area (Å²) in [6, 6.07) is 14.7. The maximum atomic E-state index is 13.3. The maximum Gasteiger partial charge on any atom is 0.244 e. The molecule has 2 aliphatic rings. The van der Waals surface area contributed by atoms with Gasteiger partial charge in [-0.25, -0.2) is 0 Å². The molecule has 2 amide bonds. The van der Waals surface area contributed by atoms with Crippen LogP contribution < -0.4 is 10.2 Å². The zero-order valence-corrected chi connectivity index (χ0v) is 18.1. The molecule has 0 spiro atoms. The van der Waals surface area contributed by atoms with Crippen LogP contribution in [0.1, 0.15) is 18.7 Å². The fraction of sp³-hybridized carbons (Fsp3) is 0.304. The minimum atomic E-state index is -0.196. The molecule has 9 heteroatoms. The minimum absolute atomic E-state index is 0.0258. The lowest BCUT2D eigenvalue weighted by atomic mass is 9.95. The summed E-state index contributed by atoms with van der Waals surface area (Å²) in [5, 5.41) is 7.50. The number of rotatable bonds is 4. The predicted molar refractivity (Wildman–Crippen MR) is 120 cm³/mol. The van der Waals surface area contributed by atoms with Crippen molar-refractivity contribution < 1.29 is 14.1 Å². The van der Waals surface area contributed by atoms with E-state index in [4.69, 9.17) is 16.1 Å². The average molecular weight is 452 g/mol. The van der Waals surface area contributed by atoms with Crippen LogP contribution in [0.2, 0.25) is 5.02 Å². The molecule has 0 bridgehead atoms. The van der Waals surface area contributed by atoms with Gasteiger partial charge in [-0.2, -0.15) is 4.98 Å². The Kier molecular flexibility index (Phi) is 5.63. The number of hydrogen-bond acceptors (Lipinski definition) is 6. The molecule has 0 radical (unpaired) electrons. The maximum absolute atomic E-state index is 13.3. The number of hydrogen-bond donors (Lipinski definition) is 1. The second kappa shape index (κ2) is 8.72. The lowest BCUT2D eigenvalue weighted by Crippen LogP contribution is -2.48. The van der Waals surface area contributed by atoms with E-state index >= 15 is 0 Å². The van der Waals surface area contributed by atoms with E-state index in [0.29, 0.717) is 35.5 Å². The van der Waals surface area contributed by atoms with Crippen molar-refractivity contribution in [2.75, 3.05) is 29.9 Å². The zero-order chi connectivity index (χ0) is 22.1. The molecule has 1 aromatic heterocycles. The Bertz CT molecular complexity index is 1160. The van der Waals surface area contributed by atoms with E-state index in [1.165, 1.54) is 0 Å². The molecule has 2 aromatic carbocycles. The summed E-state index contributed by atoms with van der Waals surface area (Å²) in [4.78, 5) is 33.7. The van der Waals surface area contributed by atoms with Crippen molar-refractivity contribution in [2.24, 2.45) is 5.92 Å². The largest absolute Gasteiger partial charge is 0.338 e. The van der Waals surface area contributed by atoms with Gasteiger partial charge >= 0.3 is 0 Å². The van der Waals surface area contributed by atoms with Gasteiger partial charge in [0.25, 0.3) is 0 Å². The molecular weight excluding hydrogens is 430 g/mol. The summed E-state index contributed by atoms with van der Waals surface area (Å²) in [5.41, 5.74) is 2.21. The van der Waals surface area contributed by atoms with E-state index in [9.17, 15) is 9.59 Å². The van der Waals surface area contributed by atoms with E-state index in [0.717, 1.165) is 30.6 Å². The second-order valence-electron chi connectivity index (χ2n) is 8.09. The number of fused-ring (bicyclic) bond motifs is 1. The summed E-state index contributed by atoms with van der Waals surface area (Å²) >= 11 is 6.05. The van der Waals surface area contributed by atoms with Crippen molar-refractivity contribution in [1.29, 1.82) is 0 Å². The van der Waals surface area contributed by atoms with Crippen LogP contribution in [0.25, 0.3) is 11.4 Å². The number of amides is 2. The van der Waals surface area contributed by atoms with Gasteiger partial charge in [0.1, 0.15) is 6.54 Å². The highest BCUT2D eigenvalue weighted by Gasteiger charge is 2.34. The van der Waals surface area contributed by atoms with Gasteiger partial charge in [-0.3, -0.25) is 14.5 Å². The van der Waals surface area contributed by atoms with Crippen molar-refractivity contribution in [3.63, 3.8) is 0 Å². The normalized spacial score (nSPS) is 18.8. The third-order valence-corrected chi connectivity index (χ3v) is 6.04. The number of halogens is 1. The molecule has 8 nitrogen and oxygen atoms in total. The van der Waals surface area contributed by atoms with Gasteiger partial charge in [0.05, 0.1) is 23.8 Å². The van der Waals surface area contributed by atoms with Crippen LogP contribution in [0, 0.1) is 5.92 Å². The van der Waals surface area contributed by atoms with Crippen molar-refractivity contribution in [3.05, 3.63) is 59.4 Å². The second-order valence-corrected chi connectivity index (χ2v) is 8.52. The van der Waals surface area contributed by atoms with Crippen LogP contribution in [0.3, 0.4) is 0 Å². The molecule has 164 valence electrons. The Morgan fingerprint density at radius 1 is 1.22 bits per heavy atom. The molecular formula is C23H22ClN5O3. The van der Waals surface area contributed by atoms with Crippen molar-refractivity contribution in [1.82, 2.24) is 15.0 Å². The summed E-state index contributed by atoms with van der Waals surface area (Å²) in [7, 11) is 0. The van der Waals surface area contributed by atoms with Crippen LogP contribution in [-0.2, 0) is 16.1 Å². The van der Waals surface area contributed by atoms with Crippen molar-refractivity contribution >= 4 is 34.8 Å². The Hall–Kier alpha value is -3.23. The smallest absolute Gasteiger partial charge is 0.244 e. The van der Waals surface area contributed by atoms with Crippen LogP contribution in [0.15, 0.2) is 53.1 Å². The van der Waals surface area contributed by atoms with Gasteiger partial charge in [0.15, 0.2) is 0 Å². The van der Waals surface area contributed by atoms with Crippen LogP contribution in [-0.4, -0.2) is 46.5 Å². The first kappa shape index (κ1) is 20.7. The molecule has 3 aromatic rings. The highest BCUT2D eigenvalue weighted by atomic mass is 35.5. The Morgan fingerprint density at radius 3 is 2.97 bits per heavy atom. The molecule has 0 saturated carbocycles. The van der Waals surface area contributed by atoms with Crippen LogP contribution >= 0.6 is 11.6 Å². The standard InChI is InChI=1S/C23H22ClN5O3/c24-17-7-3-5-15(11-17)22-26-21(32-27-22)14-28-10-4-6-16(12-28)23(31)29-13-20(30)25-18-8-1-2-9-19(18)29/h1-3,5,7-9,11,16H,4,6,10,12-14H2,(H,25,30). The summed E-state index contributed by atoms with van der Waals surface area (Å²) in [6.07, 6.45) is 1.67. The van der Waals surface area contributed by atoms with Gasteiger partial charge in [-0.05, 0) is 43.7 Å². The number of para-hydroxylation sites is 2. The lowest BCUT2D eigenvalue weighted by Gasteiger charge is -2.36.